The molecule has 0 bridgehead atoms. The van der Waals surface area contributed by atoms with Crippen LogP contribution in [0.1, 0.15) is 28.4 Å². The van der Waals surface area contributed by atoms with Crippen LogP contribution in [0.25, 0.3) is 0 Å². The van der Waals surface area contributed by atoms with Gasteiger partial charge in [0.05, 0.1) is 17.1 Å². The van der Waals surface area contributed by atoms with Crippen LogP contribution < -0.4 is 16.0 Å². The van der Waals surface area contributed by atoms with Crippen LogP contribution in [0.15, 0.2) is 53.5 Å². The highest BCUT2D eigenvalue weighted by Crippen LogP contribution is 2.14. The number of hydrogen-bond donors (Lipinski definition) is 3. The van der Waals surface area contributed by atoms with Crippen molar-refractivity contribution in [3.63, 3.8) is 0 Å². The second-order valence-corrected chi connectivity index (χ2v) is 6.25. The molecule has 0 fully saturated rings. The van der Waals surface area contributed by atoms with E-state index in [2.05, 4.69) is 46.1 Å². The summed E-state index contributed by atoms with van der Waals surface area (Å²) in [5.41, 5.74) is 2.86. The van der Waals surface area contributed by atoms with Crippen LogP contribution in [0, 0.1) is 6.92 Å². The Bertz CT molecular complexity index is 761. The molecule has 3 N–H and O–H groups in total. The summed E-state index contributed by atoms with van der Waals surface area (Å²) in [5.74, 6) is 0.542. The van der Waals surface area contributed by atoms with E-state index in [9.17, 15) is 4.79 Å². The molecule has 0 aliphatic carbocycles. The molecule has 0 saturated carbocycles. The molecule has 0 atom stereocenters. The summed E-state index contributed by atoms with van der Waals surface area (Å²) in [6.07, 6.45) is 0. The first-order valence-electron chi connectivity index (χ1n) is 8.70. The molecule has 2 rings (SSSR count). The summed E-state index contributed by atoms with van der Waals surface area (Å²) in [6.45, 7) is 6.49. The molecule has 0 spiro atoms. The Kier molecular flexibility index (Phi) is 7.96. The number of amides is 1. The molecular formula is C20H25ClN4O. The Hall–Kier alpha value is -2.53. The third-order valence-electron chi connectivity index (χ3n) is 3.67. The second-order valence-electron chi connectivity index (χ2n) is 5.85. The molecule has 0 saturated heterocycles. The largest absolute Gasteiger partial charge is 0.357 e. The van der Waals surface area contributed by atoms with Crippen LogP contribution >= 0.6 is 11.6 Å². The van der Waals surface area contributed by atoms with E-state index in [1.54, 1.807) is 24.3 Å². The van der Waals surface area contributed by atoms with Gasteiger partial charge in [-0.15, -0.1) is 0 Å². The predicted octanol–water partition coefficient (Wildman–Crippen LogP) is 3.13. The molecule has 0 aliphatic rings. The number of nitrogens with one attached hydrogen (secondary N) is 3. The van der Waals surface area contributed by atoms with Gasteiger partial charge < -0.3 is 16.0 Å². The lowest BCUT2D eigenvalue weighted by atomic mass is 10.1. The number of benzene rings is 2. The van der Waals surface area contributed by atoms with Crippen molar-refractivity contribution in [1.29, 1.82) is 0 Å². The first kappa shape index (κ1) is 19.8. The van der Waals surface area contributed by atoms with Crippen LogP contribution in [0.3, 0.4) is 0 Å². The van der Waals surface area contributed by atoms with Crippen molar-refractivity contribution in [2.75, 3.05) is 19.6 Å². The first-order valence-corrected chi connectivity index (χ1v) is 9.08. The van der Waals surface area contributed by atoms with Gasteiger partial charge >= 0.3 is 0 Å². The van der Waals surface area contributed by atoms with Crippen LogP contribution in [-0.4, -0.2) is 31.5 Å². The van der Waals surface area contributed by atoms with Gasteiger partial charge in [0.1, 0.15) is 0 Å². The van der Waals surface area contributed by atoms with E-state index in [1.165, 1.54) is 5.56 Å². The number of guanidine groups is 1. The van der Waals surface area contributed by atoms with Crippen LogP contribution in [0.5, 0.6) is 0 Å². The van der Waals surface area contributed by atoms with Gasteiger partial charge in [0, 0.05) is 19.6 Å². The molecule has 0 aromatic heterocycles. The van der Waals surface area contributed by atoms with Crippen molar-refractivity contribution < 1.29 is 4.79 Å². The highest BCUT2D eigenvalue weighted by molar-refractivity contribution is 6.33. The maximum atomic E-state index is 12.1. The maximum Gasteiger partial charge on any atom is 0.252 e. The van der Waals surface area contributed by atoms with E-state index in [1.807, 2.05) is 13.0 Å². The average Bonchev–Trinajstić information content (AvgIpc) is 2.63. The molecule has 0 radical (unpaired) electrons. The third kappa shape index (κ3) is 6.41. The zero-order valence-corrected chi connectivity index (χ0v) is 15.9. The van der Waals surface area contributed by atoms with Crippen LogP contribution in [-0.2, 0) is 6.54 Å². The van der Waals surface area contributed by atoms with Crippen molar-refractivity contribution >= 4 is 23.5 Å². The van der Waals surface area contributed by atoms with Crippen molar-refractivity contribution in [3.8, 4) is 0 Å². The van der Waals surface area contributed by atoms with Gasteiger partial charge in [0.15, 0.2) is 5.96 Å². The summed E-state index contributed by atoms with van der Waals surface area (Å²) in [5, 5.41) is 9.72. The molecule has 1 amide bonds. The minimum absolute atomic E-state index is 0.181. The monoisotopic (exact) mass is 372 g/mol. The number of halogens is 1. The molecule has 138 valence electrons. The van der Waals surface area contributed by atoms with Crippen molar-refractivity contribution in [3.05, 3.63) is 70.2 Å². The van der Waals surface area contributed by atoms with Gasteiger partial charge in [-0.1, -0.05) is 53.6 Å². The van der Waals surface area contributed by atoms with Gasteiger partial charge in [-0.3, -0.25) is 4.79 Å². The molecular weight excluding hydrogens is 348 g/mol. The SMILES string of the molecule is CCNC(=NCc1cccc(C)c1)NCCNC(=O)c1ccccc1Cl. The van der Waals surface area contributed by atoms with E-state index in [0.29, 0.717) is 30.2 Å². The Morgan fingerprint density at radius 3 is 2.54 bits per heavy atom. The van der Waals surface area contributed by atoms with Crippen molar-refractivity contribution in [2.24, 2.45) is 4.99 Å². The van der Waals surface area contributed by atoms with Crippen LogP contribution in [0.2, 0.25) is 5.02 Å². The summed E-state index contributed by atoms with van der Waals surface area (Å²) in [6, 6.07) is 15.3. The molecule has 26 heavy (non-hydrogen) atoms. The van der Waals surface area contributed by atoms with E-state index < -0.39 is 0 Å². The topological polar surface area (TPSA) is 65.5 Å². The molecule has 0 unspecified atom stereocenters. The fourth-order valence-electron chi connectivity index (χ4n) is 2.42. The standard InChI is InChI=1S/C20H25ClN4O/c1-3-22-20(25-14-16-8-6-7-15(2)13-16)24-12-11-23-19(26)17-9-4-5-10-18(17)21/h4-10,13H,3,11-12,14H2,1-2H3,(H,23,26)(H2,22,24,25). The molecule has 0 aliphatic heterocycles. The number of hydrogen-bond acceptors (Lipinski definition) is 2. The lowest BCUT2D eigenvalue weighted by Gasteiger charge is -2.12. The van der Waals surface area contributed by atoms with E-state index >= 15 is 0 Å². The third-order valence-corrected chi connectivity index (χ3v) is 4.00. The fraction of sp³-hybridized carbons (Fsp3) is 0.300. The lowest BCUT2D eigenvalue weighted by Crippen LogP contribution is -2.41. The minimum atomic E-state index is -0.181. The highest BCUT2D eigenvalue weighted by atomic mass is 35.5. The number of rotatable bonds is 7. The molecule has 2 aromatic rings. The average molecular weight is 373 g/mol. The normalized spacial score (nSPS) is 11.1. The van der Waals surface area contributed by atoms with Gasteiger partial charge in [0.25, 0.3) is 5.91 Å². The first-order chi connectivity index (χ1) is 12.6. The zero-order chi connectivity index (χ0) is 18.8. The van der Waals surface area contributed by atoms with E-state index in [4.69, 9.17) is 11.6 Å². The van der Waals surface area contributed by atoms with Crippen molar-refractivity contribution in [2.45, 2.75) is 20.4 Å². The Morgan fingerprint density at radius 2 is 1.81 bits per heavy atom. The van der Waals surface area contributed by atoms with Gasteiger partial charge in [-0.2, -0.15) is 0 Å². The number of aliphatic imine (C=N–C) groups is 1. The highest BCUT2D eigenvalue weighted by Gasteiger charge is 2.08. The number of nitrogens with zero attached hydrogens (tertiary/aromatic N) is 1. The lowest BCUT2D eigenvalue weighted by molar-refractivity contribution is 0.0954. The molecule has 6 heteroatoms. The van der Waals surface area contributed by atoms with Gasteiger partial charge in [0.2, 0.25) is 0 Å². The number of aryl methyl sites for hydroxylation is 1. The summed E-state index contributed by atoms with van der Waals surface area (Å²) < 4.78 is 0. The summed E-state index contributed by atoms with van der Waals surface area (Å²) in [7, 11) is 0. The Morgan fingerprint density at radius 1 is 1.04 bits per heavy atom. The van der Waals surface area contributed by atoms with E-state index in [0.717, 1.165) is 18.1 Å². The van der Waals surface area contributed by atoms with Crippen molar-refractivity contribution in [1.82, 2.24) is 16.0 Å². The summed E-state index contributed by atoms with van der Waals surface area (Å²) >= 11 is 6.03. The van der Waals surface area contributed by atoms with Gasteiger partial charge in [-0.25, -0.2) is 4.99 Å². The summed E-state index contributed by atoms with van der Waals surface area (Å²) in [4.78, 5) is 16.7. The molecule has 0 heterocycles. The molecule has 5 nitrogen and oxygen atoms in total. The van der Waals surface area contributed by atoms with E-state index in [-0.39, 0.29) is 5.91 Å². The number of carbonyl (C=O) groups is 1. The second kappa shape index (κ2) is 10.5. The smallest absolute Gasteiger partial charge is 0.252 e. The van der Waals surface area contributed by atoms with Crippen LogP contribution in [0.4, 0.5) is 0 Å². The van der Waals surface area contributed by atoms with Gasteiger partial charge in [-0.05, 0) is 31.5 Å². The maximum absolute atomic E-state index is 12.1. The Labute approximate surface area is 159 Å². The predicted molar refractivity (Wildman–Crippen MR) is 108 cm³/mol. The Balaban J connectivity index is 1.82. The zero-order valence-electron chi connectivity index (χ0n) is 15.2. The fourth-order valence-corrected chi connectivity index (χ4v) is 2.64. The molecule has 2 aromatic carbocycles. The minimum Gasteiger partial charge on any atom is -0.357 e. The quantitative estimate of drug-likeness (QED) is 0.397. The number of carbonyl (C=O) groups excluding carboxylic acids is 1.